The van der Waals surface area contributed by atoms with Crippen molar-refractivity contribution in [2.24, 2.45) is 0 Å². The smallest absolute Gasteiger partial charge is 0.338 e. The average Bonchev–Trinajstić information content (AvgIpc) is 2.69. The van der Waals surface area contributed by atoms with Crippen LogP contribution in [0, 0.1) is 0 Å². The minimum absolute atomic E-state index is 0.00936. The second-order valence-electron chi connectivity index (χ2n) is 5.81. The van der Waals surface area contributed by atoms with Crippen LogP contribution in [0.5, 0.6) is 0 Å². The number of aliphatic hydroxyl groups excluding tert-OH is 3. The summed E-state index contributed by atoms with van der Waals surface area (Å²) in [6, 6.07) is 5.47. The van der Waals surface area contributed by atoms with Gasteiger partial charge in [0.25, 0.3) is 0 Å². The van der Waals surface area contributed by atoms with Crippen LogP contribution in [0.1, 0.15) is 58.9 Å². The van der Waals surface area contributed by atoms with Gasteiger partial charge in [-0.05, 0) is 28.8 Å². The lowest BCUT2D eigenvalue weighted by molar-refractivity contribution is 0.0596. The van der Waals surface area contributed by atoms with Crippen molar-refractivity contribution >= 4 is 17.5 Å². The number of benzene rings is 2. The van der Waals surface area contributed by atoms with Gasteiger partial charge < -0.3 is 20.1 Å². The van der Waals surface area contributed by atoms with Crippen molar-refractivity contribution in [1.29, 1.82) is 0 Å². The molecule has 0 spiro atoms. The Morgan fingerprint density at radius 2 is 1.31 bits per heavy atom. The number of rotatable bonds is 4. The van der Waals surface area contributed by atoms with Crippen molar-refractivity contribution in [3.05, 3.63) is 68.8 Å². The van der Waals surface area contributed by atoms with Crippen LogP contribution in [-0.4, -0.2) is 40.0 Å². The first-order valence-electron chi connectivity index (χ1n) is 7.80. The van der Waals surface area contributed by atoms with Crippen molar-refractivity contribution in [3.8, 4) is 0 Å². The van der Waals surface area contributed by atoms with E-state index >= 15 is 0 Å². The molecular weight excluding hydrogens is 340 g/mol. The van der Waals surface area contributed by atoms with E-state index in [4.69, 9.17) is 0 Å². The maximum Gasteiger partial charge on any atom is 0.338 e. The number of ketones is 2. The highest BCUT2D eigenvalue weighted by atomic mass is 16.5. The van der Waals surface area contributed by atoms with E-state index in [0.29, 0.717) is 0 Å². The number of hydrogen-bond acceptors (Lipinski definition) is 7. The third-order valence-corrected chi connectivity index (χ3v) is 4.48. The predicted molar refractivity (Wildman–Crippen MR) is 88.9 cm³/mol. The molecule has 1 aliphatic rings. The molecule has 134 valence electrons. The van der Waals surface area contributed by atoms with Gasteiger partial charge in [-0.2, -0.15) is 0 Å². The second kappa shape index (κ2) is 6.80. The van der Waals surface area contributed by atoms with Crippen LogP contribution < -0.4 is 0 Å². The summed E-state index contributed by atoms with van der Waals surface area (Å²) in [5, 5.41) is 28.6. The summed E-state index contributed by atoms with van der Waals surface area (Å²) in [5.41, 5.74) is 0.742. The van der Waals surface area contributed by atoms with Gasteiger partial charge >= 0.3 is 5.97 Å². The lowest BCUT2D eigenvalue weighted by Crippen LogP contribution is -2.26. The topological polar surface area (TPSA) is 121 Å². The SMILES string of the molecule is COC(=O)c1cc2c(cc1CO)C(=O)c1c(CO)ccc(CO)c1C2=O. The van der Waals surface area contributed by atoms with Crippen LogP contribution in [0.15, 0.2) is 24.3 Å². The molecule has 0 atom stereocenters. The Balaban J connectivity index is 2.33. The van der Waals surface area contributed by atoms with Crippen LogP contribution in [0.25, 0.3) is 0 Å². The lowest BCUT2D eigenvalue weighted by atomic mass is 9.78. The van der Waals surface area contributed by atoms with E-state index < -0.39 is 37.4 Å². The monoisotopic (exact) mass is 356 g/mol. The van der Waals surface area contributed by atoms with E-state index in [9.17, 15) is 29.7 Å². The zero-order chi connectivity index (χ0) is 19.0. The van der Waals surface area contributed by atoms with Crippen molar-refractivity contribution in [2.45, 2.75) is 19.8 Å². The number of hydrogen-bond donors (Lipinski definition) is 3. The summed E-state index contributed by atoms with van der Waals surface area (Å²) in [5.74, 6) is -1.79. The molecule has 26 heavy (non-hydrogen) atoms. The number of esters is 1. The van der Waals surface area contributed by atoms with Gasteiger partial charge in [0.05, 0.1) is 32.5 Å². The predicted octanol–water partition coefficient (Wildman–Crippen LogP) is 0.726. The van der Waals surface area contributed by atoms with Crippen LogP contribution >= 0.6 is 0 Å². The summed E-state index contributed by atoms with van der Waals surface area (Å²) in [4.78, 5) is 37.9. The van der Waals surface area contributed by atoms with Crippen molar-refractivity contribution in [2.75, 3.05) is 7.11 Å². The molecule has 0 saturated carbocycles. The first-order chi connectivity index (χ1) is 12.5. The summed E-state index contributed by atoms with van der Waals surface area (Å²) in [6.45, 7) is -1.42. The van der Waals surface area contributed by atoms with E-state index in [1.807, 2.05) is 0 Å². The fourth-order valence-corrected chi connectivity index (χ4v) is 3.19. The molecule has 7 heteroatoms. The van der Waals surface area contributed by atoms with E-state index in [1.54, 1.807) is 0 Å². The standard InChI is InChI=1S/C19H16O7/c1-26-19(25)12-5-14-13(4-11(12)8-22)17(23)15-9(6-20)2-3-10(7-21)16(15)18(14)24/h2-5,20-22H,6-8H2,1H3. The second-order valence-corrected chi connectivity index (χ2v) is 5.81. The lowest BCUT2D eigenvalue weighted by Gasteiger charge is -2.23. The van der Waals surface area contributed by atoms with Crippen LogP contribution in [0.4, 0.5) is 0 Å². The Hall–Kier alpha value is -2.87. The minimum Gasteiger partial charge on any atom is -0.465 e. The average molecular weight is 356 g/mol. The number of ether oxygens (including phenoxy) is 1. The molecule has 0 heterocycles. The third kappa shape index (κ3) is 2.53. The quantitative estimate of drug-likeness (QED) is 0.589. The van der Waals surface area contributed by atoms with Gasteiger partial charge in [-0.1, -0.05) is 12.1 Å². The van der Waals surface area contributed by atoms with Gasteiger partial charge in [0.1, 0.15) is 0 Å². The Labute approximate surface area is 148 Å². The molecule has 0 fully saturated rings. The van der Waals surface area contributed by atoms with Crippen molar-refractivity contribution in [3.63, 3.8) is 0 Å². The fraction of sp³-hybridized carbons (Fsp3) is 0.211. The Bertz CT molecular complexity index is 943. The van der Waals surface area contributed by atoms with E-state index in [1.165, 1.54) is 31.4 Å². The molecule has 0 amide bonds. The Kier molecular flexibility index (Phi) is 4.69. The van der Waals surface area contributed by atoms with Gasteiger partial charge in [0.2, 0.25) is 0 Å². The highest BCUT2D eigenvalue weighted by Crippen LogP contribution is 2.34. The van der Waals surface area contributed by atoms with Gasteiger partial charge in [0, 0.05) is 22.3 Å². The molecule has 3 rings (SSSR count). The van der Waals surface area contributed by atoms with E-state index in [2.05, 4.69) is 4.74 Å². The maximum atomic E-state index is 13.0. The number of methoxy groups -OCH3 is 1. The maximum absolute atomic E-state index is 13.0. The number of aliphatic hydroxyl groups is 3. The minimum atomic E-state index is -0.741. The number of fused-ring (bicyclic) bond motifs is 2. The third-order valence-electron chi connectivity index (χ3n) is 4.48. The molecule has 0 saturated heterocycles. The first kappa shape index (κ1) is 17.9. The molecule has 0 bridgehead atoms. The summed E-state index contributed by atoms with van der Waals surface area (Å²) < 4.78 is 4.66. The molecule has 0 aromatic heterocycles. The van der Waals surface area contributed by atoms with Gasteiger partial charge in [-0.25, -0.2) is 4.79 Å². The van der Waals surface area contributed by atoms with Crippen LogP contribution in [-0.2, 0) is 24.6 Å². The molecule has 0 radical (unpaired) electrons. The van der Waals surface area contributed by atoms with Gasteiger partial charge in [0.15, 0.2) is 11.6 Å². The zero-order valence-electron chi connectivity index (χ0n) is 13.9. The summed E-state index contributed by atoms with van der Waals surface area (Å²) in [6.07, 6.45) is 0. The van der Waals surface area contributed by atoms with Crippen molar-refractivity contribution in [1.82, 2.24) is 0 Å². The number of carbonyl (C=O) groups is 3. The van der Waals surface area contributed by atoms with Crippen LogP contribution in [0.3, 0.4) is 0 Å². The zero-order valence-corrected chi connectivity index (χ0v) is 13.9. The van der Waals surface area contributed by atoms with E-state index in [-0.39, 0.29) is 44.5 Å². The highest BCUT2D eigenvalue weighted by Gasteiger charge is 2.35. The van der Waals surface area contributed by atoms with Gasteiger partial charge in [-0.15, -0.1) is 0 Å². The molecular formula is C19H16O7. The van der Waals surface area contributed by atoms with Gasteiger partial charge in [-0.3, -0.25) is 9.59 Å². The Morgan fingerprint density at radius 1 is 0.846 bits per heavy atom. The van der Waals surface area contributed by atoms with Crippen molar-refractivity contribution < 1.29 is 34.4 Å². The summed E-state index contributed by atoms with van der Waals surface area (Å²) in [7, 11) is 1.17. The van der Waals surface area contributed by atoms with Crippen LogP contribution in [0.2, 0.25) is 0 Å². The normalized spacial score (nSPS) is 12.6. The molecule has 0 unspecified atom stereocenters. The Morgan fingerprint density at radius 3 is 1.73 bits per heavy atom. The molecule has 7 nitrogen and oxygen atoms in total. The van der Waals surface area contributed by atoms with E-state index in [0.717, 1.165) is 0 Å². The largest absolute Gasteiger partial charge is 0.465 e. The summed E-state index contributed by atoms with van der Waals surface area (Å²) >= 11 is 0. The fourth-order valence-electron chi connectivity index (χ4n) is 3.19. The molecule has 0 aliphatic heterocycles. The number of carbonyl (C=O) groups excluding carboxylic acids is 3. The first-order valence-corrected chi connectivity index (χ1v) is 7.80. The molecule has 2 aromatic rings. The molecule has 2 aromatic carbocycles. The highest BCUT2D eigenvalue weighted by molar-refractivity contribution is 6.29. The molecule has 1 aliphatic carbocycles. The molecule has 3 N–H and O–H groups in total.